The molecule has 0 aromatic heterocycles. The maximum Gasteiger partial charge on any atom is 0.306 e. The molecule has 0 radical (unpaired) electrons. The molecular weight excluding hydrogens is 356 g/mol. The smallest absolute Gasteiger partial charge is 0.306 e. The molecule has 0 amide bonds. The lowest BCUT2D eigenvalue weighted by molar-refractivity contribution is -0.147. The molecular formula is C19H19BrO3. The highest BCUT2D eigenvalue weighted by Crippen LogP contribution is 2.23. The molecule has 0 aliphatic carbocycles. The van der Waals surface area contributed by atoms with Crippen LogP contribution in [0.3, 0.4) is 0 Å². The van der Waals surface area contributed by atoms with Gasteiger partial charge in [-0.05, 0) is 12.8 Å². The lowest BCUT2D eigenvalue weighted by atomic mass is 10.00. The number of halogens is 1. The third-order valence-corrected chi connectivity index (χ3v) is 3.97. The van der Waals surface area contributed by atoms with E-state index in [1.807, 2.05) is 24.3 Å². The number of Topliss-reactive ketones (excluding diaryl/α,β-unsaturated/α-hetero) is 1. The molecule has 120 valence electrons. The molecule has 23 heavy (non-hydrogen) atoms. The maximum atomic E-state index is 12.7. The highest BCUT2D eigenvalue weighted by atomic mass is 79.9. The second-order valence-electron chi connectivity index (χ2n) is 5.16. The normalized spacial score (nSPS) is 11.7. The molecule has 0 saturated heterocycles. The number of esters is 1. The van der Waals surface area contributed by atoms with E-state index in [-0.39, 0.29) is 11.8 Å². The summed E-state index contributed by atoms with van der Waals surface area (Å²) in [5.74, 6) is -0.547. The van der Waals surface area contributed by atoms with Gasteiger partial charge >= 0.3 is 5.97 Å². The minimum atomic E-state index is -0.893. The second-order valence-corrected chi connectivity index (χ2v) is 5.95. The van der Waals surface area contributed by atoms with Gasteiger partial charge in [0, 0.05) is 22.9 Å². The van der Waals surface area contributed by atoms with Crippen LogP contribution in [0, 0.1) is 0 Å². The Morgan fingerprint density at radius 2 is 1.52 bits per heavy atom. The van der Waals surface area contributed by atoms with Crippen molar-refractivity contribution in [1.82, 2.24) is 0 Å². The number of hydrogen-bond acceptors (Lipinski definition) is 3. The fourth-order valence-electron chi connectivity index (χ4n) is 2.21. The molecule has 0 aliphatic heterocycles. The van der Waals surface area contributed by atoms with E-state index >= 15 is 0 Å². The lowest BCUT2D eigenvalue weighted by Gasteiger charge is -2.17. The number of carbonyl (C=O) groups excluding carboxylic acids is 2. The molecule has 0 saturated carbocycles. The fraction of sp³-hybridized carbons (Fsp3) is 0.263. The number of ketones is 1. The summed E-state index contributed by atoms with van der Waals surface area (Å²) in [6.07, 6.45) is 1.06. The van der Waals surface area contributed by atoms with Crippen molar-refractivity contribution in [3.8, 4) is 0 Å². The van der Waals surface area contributed by atoms with E-state index in [4.69, 9.17) is 4.74 Å². The summed E-state index contributed by atoms with van der Waals surface area (Å²) in [5.41, 5.74) is 1.23. The van der Waals surface area contributed by atoms with Gasteiger partial charge < -0.3 is 4.74 Å². The topological polar surface area (TPSA) is 43.4 Å². The average molecular weight is 375 g/mol. The Balaban J connectivity index is 2.16. The monoisotopic (exact) mass is 374 g/mol. The van der Waals surface area contributed by atoms with Crippen molar-refractivity contribution in [2.75, 3.05) is 5.33 Å². The SMILES string of the molecule is O=C(CCCCBr)O[C@@H](C(=O)c1ccccc1)c1ccccc1. The van der Waals surface area contributed by atoms with Crippen LogP contribution < -0.4 is 0 Å². The van der Waals surface area contributed by atoms with Crippen molar-refractivity contribution in [1.29, 1.82) is 0 Å². The number of carbonyl (C=O) groups is 2. The molecule has 1 atom stereocenters. The zero-order valence-corrected chi connectivity index (χ0v) is 14.4. The van der Waals surface area contributed by atoms with Crippen molar-refractivity contribution in [2.45, 2.75) is 25.4 Å². The van der Waals surface area contributed by atoms with E-state index in [0.717, 1.165) is 18.2 Å². The minimum Gasteiger partial charge on any atom is -0.449 e. The summed E-state index contributed by atoms with van der Waals surface area (Å²) in [6, 6.07) is 18.0. The van der Waals surface area contributed by atoms with Gasteiger partial charge in [0.05, 0.1) is 0 Å². The van der Waals surface area contributed by atoms with Crippen LogP contribution in [0.15, 0.2) is 60.7 Å². The first-order valence-corrected chi connectivity index (χ1v) is 8.74. The number of alkyl halides is 1. The minimum absolute atomic E-state index is 0.203. The maximum absolute atomic E-state index is 12.7. The van der Waals surface area contributed by atoms with Gasteiger partial charge in [-0.25, -0.2) is 0 Å². The molecule has 2 rings (SSSR count). The van der Waals surface area contributed by atoms with Crippen LogP contribution in [0.25, 0.3) is 0 Å². The van der Waals surface area contributed by atoms with Crippen molar-refractivity contribution in [2.24, 2.45) is 0 Å². The third-order valence-electron chi connectivity index (χ3n) is 3.41. The summed E-state index contributed by atoms with van der Waals surface area (Å²) in [7, 11) is 0. The number of benzene rings is 2. The highest BCUT2D eigenvalue weighted by molar-refractivity contribution is 9.09. The Kier molecular flexibility index (Phi) is 7.01. The van der Waals surface area contributed by atoms with Gasteiger partial charge in [0.25, 0.3) is 0 Å². The molecule has 0 spiro atoms. The zero-order valence-electron chi connectivity index (χ0n) is 12.8. The Hall–Kier alpha value is -1.94. The molecule has 0 N–H and O–H groups in total. The first-order valence-electron chi connectivity index (χ1n) is 7.62. The summed E-state index contributed by atoms with van der Waals surface area (Å²) in [4.78, 5) is 24.8. The summed E-state index contributed by atoms with van der Waals surface area (Å²) >= 11 is 3.33. The van der Waals surface area contributed by atoms with Crippen LogP contribution in [-0.4, -0.2) is 17.1 Å². The first kappa shape index (κ1) is 17.4. The average Bonchev–Trinajstić information content (AvgIpc) is 2.61. The van der Waals surface area contributed by atoms with Crippen LogP contribution in [0.5, 0.6) is 0 Å². The van der Waals surface area contributed by atoms with Crippen LogP contribution in [0.4, 0.5) is 0 Å². The van der Waals surface area contributed by atoms with Crippen molar-refractivity contribution in [3.05, 3.63) is 71.8 Å². The summed E-state index contributed by atoms with van der Waals surface area (Å²) < 4.78 is 5.50. The van der Waals surface area contributed by atoms with Crippen molar-refractivity contribution < 1.29 is 14.3 Å². The van der Waals surface area contributed by atoms with E-state index in [0.29, 0.717) is 17.5 Å². The first-order chi connectivity index (χ1) is 11.2. The predicted molar refractivity (Wildman–Crippen MR) is 93.7 cm³/mol. The third kappa shape index (κ3) is 5.32. The molecule has 0 aliphatic rings. The van der Waals surface area contributed by atoms with E-state index < -0.39 is 6.10 Å². The van der Waals surface area contributed by atoms with Crippen LogP contribution in [0.2, 0.25) is 0 Å². The van der Waals surface area contributed by atoms with Gasteiger partial charge in [-0.2, -0.15) is 0 Å². The summed E-state index contributed by atoms with van der Waals surface area (Å²) in [6.45, 7) is 0. The number of hydrogen-bond donors (Lipinski definition) is 0. The largest absolute Gasteiger partial charge is 0.449 e. The molecule has 3 nitrogen and oxygen atoms in total. The van der Waals surface area contributed by atoms with E-state index in [1.165, 1.54) is 0 Å². The predicted octanol–water partition coefficient (Wildman–Crippen LogP) is 4.72. The van der Waals surface area contributed by atoms with Gasteiger partial charge in [0.15, 0.2) is 6.10 Å². The number of ether oxygens (including phenoxy) is 1. The zero-order chi connectivity index (χ0) is 16.5. The molecule has 0 unspecified atom stereocenters. The number of rotatable bonds is 8. The van der Waals surface area contributed by atoms with E-state index in [9.17, 15) is 9.59 Å². The van der Waals surface area contributed by atoms with Crippen LogP contribution in [0.1, 0.15) is 41.3 Å². The molecule has 0 bridgehead atoms. The quantitative estimate of drug-likeness (QED) is 0.290. The Bertz CT molecular complexity index is 626. The molecule has 0 heterocycles. The van der Waals surface area contributed by atoms with Gasteiger partial charge in [0.1, 0.15) is 0 Å². The highest BCUT2D eigenvalue weighted by Gasteiger charge is 2.25. The van der Waals surface area contributed by atoms with Gasteiger partial charge in [-0.3, -0.25) is 9.59 Å². The standard InChI is InChI=1S/C19H19BrO3/c20-14-8-7-13-17(21)23-19(16-11-5-2-6-12-16)18(22)15-9-3-1-4-10-15/h1-6,9-12,19H,7-8,13-14H2/t19-/m1/s1. The molecule has 2 aromatic rings. The van der Waals surface area contributed by atoms with Crippen molar-refractivity contribution >= 4 is 27.7 Å². The second kappa shape index (κ2) is 9.26. The van der Waals surface area contributed by atoms with E-state index in [1.54, 1.807) is 36.4 Å². The number of unbranched alkanes of at least 4 members (excludes halogenated alkanes) is 1. The lowest BCUT2D eigenvalue weighted by Crippen LogP contribution is -2.20. The fourth-order valence-corrected chi connectivity index (χ4v) is 2.61. The Morgan fingerprint density at radius 1 is 0.913 bits per heavy atom. The summed E-state index contributed by atoms with van der Waals surface area (Å²) in [5, 5.41) is 0.853. The molecule has 4 heteroatoms. The van der Waals surface area contributed by atoms with Crippen LogP contribution >= 0.6 is 15.9 Å². The Labute approximate surface area is 144 Å². The van der Waals surface area contributed by atoms with Gasteiger partial charge in [0.2, 0.25) is 5.78 Å². The van der Waals surface area contributed by atoms with Crippen LogP contribution in [-0.2, 0) is 9.53 Å². The van der Waals surface area contributed by atoms with Gasteiger partial charge in [-0.1, -0.05) is 76.6 Å². The van der Waals surface area contributed by atoms with Gasteiger partial charge in [-0.15, -0.1) is 0 Å². The molecule has 0 fully saturated rings. The van der Waals surface area contributed by atoms with E-state index in [2.05, 4.69) is 15.9 Å². The molecule has 2 aromatic carbocycles. The van der Waals surface area contributed by atoms with Crippen molar-refractivity contribution in [3.63, 3.8) is 0 Å². The Morgan fingerprint density at radius 3 is 2.13 bits per heavy atom.